The second-order valence-corrected chi connectivity index (χ2v) is 8.09. The monoisotopic (exact) mass is 411 g/mol. The van der Waals surface area contributed by atoms with Gasteiger partial charge in [0, 0.05) is 4.88 Å². The van der Waals surface area contributed by atoms with Crippen LogP contribution in [0.25, 0.3) is 0 Å². The van der Waals surface area contributed by atoms with Gasteiger partial charge in [0.05, 0.1) is 30.3 Å². The van der Waals surface area contributed by atoms with E-state index in [1.165, 1.54) is 6.07 Å². The number of nitrogens with zero attached hydrogens (tertiary/aromatic N) is 3. The summed E-state index contributed by atoms with van der Waals surface area (Å²) in [5.74, 6) is 0.269. The van der Waals surface area contributed by atoms with E-state index in [4.69, 9.17) is 9.25 Å². The van der Waals surface area contributed by atoms with E-state index in [2.05, 4.69) is 10.1 Å². The number of phenolic OH excluding ortho intramolecular Hbond substituents is 1. The van der Waals surface area contributed by atoms with Crippen LogP contribution in [0.5, 0.6) is 5.75 Å². The van der Waals surface area contributed by atoms with Gasteiger partial charge in [0.1, 0.15) is 16.4 Å². The fourth-order valence-electron chi connectivity index (χ4n) is 4.17. The first-order valence-electron chi connectivity index (χ1n) is 9.08. The van der Waals surface area contributed by atoms with E-state index in [1.54, 1.807) is 29.5 Å². The molecule has 0 saturated heterocycles. The summed E-state index contributed by atoms with van der Waals surface area (Å²) in [6, 6.07) is 12.1. The highest BCUT2D eigenvalue weighted by Crippen LogP contribution is 2.49. The molecule has 4 heterocycles. The lowest BCUT2D eigenvalue weighted by Gasteiger charge is -2.42. The van der Waals surface area contributed by atoms with Gasteiger partial charge in [-0.05, 0) is 47.7 Å². The van der Waals surface area contributed by atoms with Gasteiger partial charge in [-0.3, -0.25) is 10.1 Å². The van der Waals surface area contributed by atoms with Gasteiger partial charge in [0.25, 0.3) is 0 Å². The van der Waals surface area contributed by atoms with Gasteiger partial charge < -0.3 is 14.4 Å². The minimum atomic E-state index is -0.550. The lowest BCUT2D eigenvalue weighted by molar-refractivity contribution is -0.402. The third-order valence-electron chi connectivity index (χ3n) is 5.38. The maximum absolute atomic E-state index is 11.0. The summed E-state index contributed by atoms with van der Waals surface area (Å²) in [5.41, 5.74) is 2.88. The predicted molar refractivity (Wildman–Crippen MR) is 106 cm³/mol. The number of benzene rings is 1. The number of hydrogen-bond acceptors (Lipinski definition) is 8. The Kier molecular flexibility index (Phi) is 4.14. The van der Waals surface area contributed by atoms with Crippen molar-refractivity contribution in [1.82, 2.24) is 4.90 Å². The average Bonchev–Trinajstić information content (AvgIpc) is 3.43. The zero-order valence-corrected chi connectivity index (χ0v) is 16.2. The number of furan rings is 1. The Hall–Kier alpha value is -3.17. The second-order valence-electron chi connectivity index (χ2n) is 7.11. The number of nitro groups is 1. The number of thiophene rings is 1. The van der Waals surface area contributed by atoms with Crippen molar-refractivity contribution in [2.24, 2.45) is 5.16 Å². The van der Waals surface area contributed by atoms with Crippen molar-refractivity contribution in [3.05, 3.63) is 79.7 Å². The Balaban J connectivity index is 1.63. The van der Waals surface area contributed by atoms with Crippen LogP contribution in [0.2, 0.25) is 0 Å². The lowest BCUT2D eigenvalue weighted by Crippen LogP contribution is -2.46. The third kappa shape index (κ3) is 2.90. The predicted octanol–water partition coefficient (Wildman–Crippen LogP) is 4.38. The van der Waals surface area contributed by atoms with E-state index in [-0.39, 0.29) is 29.8 Å². The third-order valence-corrected chi connectivity index (χ3v) is 6.30. The Morgan fingerprint density at radius 2 is 2.14 bits per heavy atom. The van der Waals surface area contributed by atoms with Crippen LogP contribution >= 0.6 is 11.3 Å². The van der Waals surface area contributed by atoms with Crippen molar-refractivity contribution in [3.63, 3.8) is 0 Å². The molecule has 29 heavy (non-hydrogen) atoms. The number of oxime groups is 1. The number of aromatic hydroxyl groups is 1. The minimum Gasteiger partial charge on any atom is -0.508 e. The van der Waals surface area contributed by atoms with E-state index in [9.17, 15) is 15.2 Å². The molecular weight excluding hydrogens is 394 g/mol. The Morgan fingerprint density at radius 3 is 2.86 bits per heavy atom. The van der Waals surface area contributed by atoms with Gasteiger partial charge in [-0.15, -0.1) is 11.3 Å². The highest BCUT2D eigenvalue weighted by Gasteiger charge is 2.48. The van der Waals surface area contributed by atoms with Crippen molar-refractivity contribution in [2.45, 2.75) is 31.7 Å². The molecule has 5 rings (SSSR count). The summed E-state index contributed by atoms with van der Waals surface area (Å²) < 4.78 is 5.42. The number of fused-ring (bicyclic) bond motifs is 3. The molecule has 2 aliphatic rings. The van der Waals surface area contributed by atoms with Crippen LogP contribution in [0.1, 0.15) is 40.6 Å². The van der Waals surface area contributed by atoms with Crippen molar-refractivity contribution in [3.8, 4) is 5.75 Å². The summed E-state index contributed by atoms with van der Waals surface area (Å²) in [6.07, 6.45) is -0.372. The smallest absolute Gasteiger partial charge is 0.433 e. The molecule has 3 atom stereocenters. The van der Waals surface area contributed by atoms with Crippen LogP contribution in [-0.2, 0) is 11.4 Å². The highest BCUT2D eigenvalue weighted by atomic mass is 32.1. The minimum absolute atomic E-state index is 0.0910. The molecule has 0 spiro atoms. The lowest BCUT2D eigenvalue weighted by atomic mass is 9.81. The zero-order chi connectivity index (χ0) is 20.1. The molecule has 0 fully saturated rings. The molecule has 2 aliphatic heterocycles. The summed E-state index contributed by atoms with van der Waals surface area (Å²) in [4.78, 5) is 19.4. The first kappa shape index (κ1) is 17.9. The zero-order valence-electron chi connectivity index (χ0n) is 15.4. The van der Waals surface area contributed by atoms with E-state index in [0.29, 0.717) is 12.3 Å². The first-order chi connectivity index (χ1) is 14.0. The maximum Gasteiger partial charge on any atom is 0.433 e. The molecule has 3 aromatic rings. The molecule has 0 aliphatic carbocycles. The SMILES string of the molecule is CC1=NO[C@@H]2[C@H]1c1ccc(O)cc1[C@@H](c1cccs1)N2Cc1ccc([N+](=O)[O-])o1. The van der Waals surface area contributed by atoms with Gasteiger partial charge in [0.15, 0.2) is 6.23 Å². The van der Waals surface area contributed by atoms with E-state index in [1.807, 2.05) is 30.5 Å². The van der Waals surface area contributed by atoms with Crippen molar-refractivity contribution < 1.29 is 19.3 Å². The van der Waals surface area contributed by atoms with Crippen LogP contribution in [0, 0.1) is 10.1 Å². The van der Waals surface area contributed by atoms with Gasteiger partial charge in [-0.1, -0.05) is 17.3 Å². The van der Waals surface area contributed by atoms with E-state index < -0.39 is 4.92 Å². The average molecular weight is 411 g/mol. The van der Waals surface area contributed by atoms with Crippen LogP contribution in [-0.4, -0.2) is 26.9 Å². The van der Waals surface area contributed by atoms with Gasteiger partial charge in [-0.25, -0.2) is 4.90 Å². The molecule has 1 aromatic carbocycles. The number of phenols is 1. The summed E-state index contributed by atoms with van der Waals surface area (Å²) in [6.45, 7) is 2.22. The Labute approximate surface area is 169 Å². The molecule has 148 valence electrons. The normalized spacial score (nSPS) is 23.2. The summed E-state index contributed by atoms with van der Waals surface area (Å²) >= 11 is 1.60. The fourth-order valence-corrected chi connectivity index (χ4v) is 5.04. The largest absolute Gasteiger partial charge is 0.508 e. The quantitative estimate of drug-likeness (QED) is 0.505. The summed E-state index contributed by atoms with van der Waals surface area (Å²) in [5, 5.41) is 27.4. The fraction of sp³-hybridized carbons (Fsp3) is 0.250. The Bertz CT molecular complexity index is 1110. The Morgan fingerprint density at radius 1 is 1.28 bits per heavy atom. The van der Waals surface area contributed by atoms with Crippen LogP contribution in [0.3, 0.4) is 0 Å². The van der Waals surface area contributed by atoms with Crippen LogP contribution in [0.15, 0.2) is 57.4 Å². The molecular formula is C20H17N3O5S. The van der Waals surface area contributed by atoms with Crippen molar-refractivity contribution in [1.29, 1.82) is 0 Å². The van der Waals surface area contributed by atoms with Crippen molar-refractivity contribution in [2.75, 3.05) is 0 Å². The molecule has 0 bridgehead atoms. The van der Waals surface area contributed by atoms with Crippen LogP contribution < -0.4 is 0 Å². The molecule has 0 radical (unpaired) electrons. The van der Waals surface area contributed by atoms with Gasteiger partial charge >= 0.3 is 5.88 Å². The van der Waals surface area contributed by atoms with Crippen LogP contribution in [0.4, 0.5) is 5.88 Å². The van der Waals surface area contributed by atoms with E-state index >= 15 is 0 Å². The molecule has 9 heteroatoms. The first-order valence-corrected chi connectivity index (χ1v) is 9.96. The molecule has 8 nitrogen and oxygen atoms in total. The maximum atomic E-state index is 11.0. The highest BCUT2D eigenvalue weighted by molar-refractivity contribution is 7.10. The molecule has 1 N–H and O–H groups in total. The van der Waals surface area contributed by atoms with Crippen molar-refractivity contribution >= 4 is 22.9 Å². The summed E-state index contributed by atoms with van der Waals surface area (Å²) in [7, 11) is 0. The molecule has 0 saturated carbocycles. The topological polar surface area (TPSA) is 101 Å². The second kappa shape index (κ2) is 6.71. The molecule has 0 amide bonds. The van der Waals surface area contributed by atoms with Gasteiger partial charge in [-0.2, -0.15) is 0 Å². The molecule has 2 aromatic heterocycles. The van der Waals surface area contributed by atoms with Gasteiger partial charge in [0.2, 0.25) is 0 Å². The number of hydrogen-bond donors (Lipinski definition) is 1. The standard InChI is InChI=1S/C20H17N3O5S/c1-11-18-14-6-4-12(24)9-15(14)19(16-3-2-8-29-16)22(20(18)28-21-11)10-13-5-7-17(27-13)23(25)26/h2-9,18-20,24H,10H2,1H3/t18-,19+,20-/m1/s1. The number of rotatable bonds is 4. The van der Waals surface area contributed by atoms with E-state index in [0.717, 1.165) is 21.7 Å². The molecule has 0 unspecified atom stereocenters.